The van der Waals surface area contributed by atoms with Gasteiger partial charge in [0.15, 0.2) is 0 Å². The summed E-state index contributed by atoms with van der Waals surface area (Å²) in [6.07, 6.45) is -2.26. The molecular formula is C12H12BrClN2O6. The molecule has 0 aromatic heterocycles. The molecule has 0 bridgehead atoms. The van der Waals surface area contributed by atoms with E-state index in [0.717, 1.165) is 0 Å². The highest BCUT2D eigenvalue weighted by Crippen LogP contribution is 2.39. The molecule has 2 amide bonds. The third-order valence-corrected chi connectivity index (χ3v) is 3.29. The first-order chi connectivity index (χ1) is 10.0. The van der Waals surface area contributed by atoms with Gasteiger partial charge in [-0.15, -0.1) is 0 Å². The number of amides is 2. The standard InChI is InChI=1S/C12H12BrClN2O6/c1-12(2,3)22-11(18)15-10(17)21-7-5-4-6(13)8(14)9(7)16(19)20/h4-5H,1-3H3,(H,15,17,18). The maximum Gasteiger partial charge on any atom is 0.422 e. The molecule has 0 radical (unpaired) electrons. The van der Waals surface area contributed by atoms with E-state index >= 15 is 0 Å². The van der Waals surface area contributed by atoms with Gasteiger partial charge in [-0.25, -0.2) is 14.9 Å². The third kappa shape index (κ3) is 5.15. The third-order valence-electron chi connectivity index (χ3n) is 2.02. The summed E-state index contributed by atoms with van der Waals surface area (Å²) in [6.45, 7) is 4.83. The number of nitro benzene ring substituents is 1. The number of imide groups is 1. The van der Waals surface area contributed by atoms with E-state index in [1.165, 1.54) is 12.1 Å². The normalized spacial score (nSPS) is 10.8. The number of carbonyl (C=O) groups excluding carboxylic acids is 2. The molecule has 0 saturated carbocycles. The average molecular weight is 396 g/mol. The molecular weight excluding hydrogens is 383 g/mol. The highest BCUT2D eigenvalue weighted by Gasteiger charge is 2.26. The molecule has 0 aliphatic heterocycles. The zero-order valence-electron chi connectivity index (χ0n) is 11.8. The monoisotopic (exact) mass is 394 g/mol. The van der Waals surface area contributed by atoms with E-state index in [1.807, 2.05) is 0 Å². The minimum Gasteiger partial charge on any atom is -0.443 e. The van der Waals surface area contributed by atoms with Crippen LogP contribution in [0.25, 0.3) is 0 Å². The van der Waals surface area contributed by atoms with Gasteiger partial charge < -0.3 is 9.47 Å². The summed E-state index contributed by atoms with van der Waals surface area (Å²) in [6, 6.07) is 2.54. The van der Waals surface area contributed by atoms with Gasteiger partial charge in [0, 0.05) is 4.47 Å². The molecule has 0 fully saturated rings. The molecule has 8 nitrogen and oxygen atoms in total. The van der Waals surface area contributed by atoms with Gasteiger partial charge in [0.25, 0.3) is 0 Å². The van der Waals surface area contributed by atoms with Crippen LogP contribution in [0.3, 0.4) is 0 Å². The Labute approximate surface area is 139 Å². The molecule has 0 atom stereocenters. The predicted molar refractivity (Wildman–Crippen MR) is 81.2 cm³/mol. The summed E-state index contributed by atoms with van der Waals surface area (Å²) < 4.78 is 9.84. The van der Waals surface area contributed by atoms with Crippen LogP contribution < -0.4 is 10.1 Å². The second kappa shape index (κ2) is 6.93. The van der Waals surface area contributed by atoms with E-state index in [4.69, 9.17) is 21.1 Å². The first-order valence-corrected chi connectivity index (χ1v) is 7.02. The van der Waals surface area contributed by atoms with Crippen molar-refractivity contribution in [1.29, 1.82) is 0 Å². The van der Waals surface area contributed by atoms with E-state index in [0.29, 0.717) is 0 Å². The summed E-state index contributed by atoms with van der Waals surface area (Å²) >= 11 is 8.80. The lowest BCUT2D eigenvalue weighted by Crippen LogP contribution is -2.37. The van der Waals surface area contributed by atoms with Crippen LogP contribution in [0.2, 0.25) is 5.02 Å². The quantitative estimate of drug-likeness (QED) is 0.598. The topological polar surface area (TPSA) is 108 Å². The van der Waals surface area contributed by atoms with Crippen molar-refractivity contribution in [3.63, 3.8) is 0 Å². The van der Waals surface area contributed by atoms with Crippen molar-refractivity contribution in [2.45, 2.75) is 26.4 Å². The van der Waals surface area contributed by atoms with Crippen LogP contribution in [0, 0.1) is 10.1 Å². The van der Waals surface area contributed by atoms with Crippen LogP contribution in [0.1, 0.15) is 20.8 Å². The zero-order valence-corrected chi connectivity index (χ0v) is 14.1. The van der Waals surface area contributed by atoms with E-state index in [9.17, 15) is 19.7 Å². The maximum atomic E-state index is 11.6. The van der Waals surface area contributed by atoms with Crippen molar-refractivity contribution in [3.8, 4) is 5.75 Å². The molecule has 0 spiro atoms. The molecule has 120 valence electrons. The minimum atomic E-state index is -1.23. The molecule has 0 saturated heterocycles. The van der Waals surface area contributed by atoms with E-state index in [2.05, 4.69) is 15.9 Å². The Balaban J connectivity index is 2.88. The molecule has 1 aromatic carbocycles. The Kier molecular flexibility index (Phi) is 5.72. The first kappa shape index (κ1) is 18.2. The molecule has 10 heteroatoms. The minimum absolute atomic E-state index is 0.229. The maximum absolute atomic E-state index is 11.6. The lowest BCUT2D eigenvalue weighted by molar-refractivity contribution is -0.385. The van der Waals surface area contributed by atoms with Gasteiger partial charge in [-0.1, -0.05) is 11.6 Å². The fourth-order valence-corrected chi connectivity index (χ4v) is 1.83. The van der Waals surface area contributed by atoms with E-state index in [-0.39, 0.29) is 9.50 Å². The largest absolute Gasteiger partial charge is 0.443 e. The molecule has 0 aliphatic rings. The van der Waals surface area contributed by atoms with Crippen LogP contribution in [0.15, 0.2) is 16.6 Å². The number of nitro groups is 1. The first-order valence-electron chi connectivity index (χ1n) is 5.85. The van der Waals surface area contributed by atoms with Gasteiger partial charge in [0.2, 0.25) is 5.75 Å². The Morgan fingerprint density at radius 1 is 1.32 bits per heavy atom. The molecule has 0 heterocycles. The number of carbonyl (C=O) groups is 2. The molecule has 1 N–H and O–H groups in total. The predicted octanol–water partition coefficient (Wildman–Crippen LogP) is 4.03. The number of nitrogens with zero attached hydrogens (tertiary/aromatic N) is 1. The van der Waals surface area contributed by atoms with Gasteiger partial charge >= 0.3 is 17.9 Å². The van der Waals surface area contributed by atoms with Gasteiger partial charge in [0.05, 0.1) is 4.92 Å². The summed E-state index contributed by atoms with van der Waals surface area (Å²) in [7, 11) is 0. The summed E-state index contributed by atoms with van der Waals surface area (Å²) in [5.74, 6) is -0.403. The van der Waals surface area contributed by atoms with Crippen LogP contribution in [-0.2, 0) is 4.74 Å². The lowest BCUT2D eigenvalue weighted by atomic mass is 10.2. The SMILES string of the molecule is CC(C)(C)OC(=O)NC(=O)Oc1ccc(Br)c(Cl)c1[N+](=O)[O-]. The fraction of sp³-hybridized carbons (Fsp3) is 0.333. The van der Waals surface area contributed by atoms with Crippen molar-refractivity contribution >= 4 is 45.4 Å². The van der Waals surface area contributed by atoms with Crippen molar-refractivity contribution < 1.29 is 24.0 Å². The van der Waals surface area contributed by atoms with Crippen LogP contribution in [0.4, 0.5) is 15.3 Å². The van der Waals surface area contributed by atoms with Gasteiger partial charge in [-0.2, -0.15) is 0 Å². The van der Waals surface area contributed by atoms with Crippen LogP contribution in [-0.4, -0.2) is 22.7 Å². The number of rotatable bonds is 2. The van der Waals surface area contributed by atoms with Crippen molar-refractivity contribution in [2.24, 2.45) is 0 Å². The number of halogens is 2. The Morgan fingerprint density at radius 3 is 2.41 bits per heavy atom. The number of benzene rings is 1. The van der Waals surface area contributed by atoms with Gasteiger partial charge in [0.1, 0.15) is 10.6 Å². The van der Waals surface area contributed by atoms with Crippen LogP contribution in [0.5, 0.6) is 5.75 Å². The molecule has 0 unspecified atom stereocenters. The van der Waals surface area contributed by atoms with Crippen molar-refractivity contribution in [1.82, 2.24) is 5.32 Å². The van der Waals surface area contributed by atoms with Crippen molar-refractivity contribution in [2.75, 3.05) is 0 Å². The van der Waals surface area contributed by atoms with Gasteiger partial charge in [-0.3, -0.25) is 10.1 Å². The number of hydrogen-bond donors (Lipinski definition) is 1. The fourth-order valence-electron chi connectivity index (χ4n) is 1.29. The Morgan fingerprint density at radius 2 is 1.91 bits per heavy atom. The van der Waals surface area contributed by atoms with E-state index < -0.39 is 34.1 Å². The van der Waals surface area contributed by atoms with Crippen LogP contribution >= 0.6 is 27.5 Å². The highest BCUT2D eigenvalue weighted by molar-refractivity contribution is 9.10. The smallest absolute Gasteiger partial charge is 0.422 e. The summed E-state index contributed by atoms with van der Waals surface area (Å²) in [5, 5.41) is 12.5. The number of alkyl carbamates (subject to hydrolysis) is 1. The molecule has 1 aromatic rings. The average Bonchev–Trinajstić information content (AvgIpc) is 2.30. The Hall–Kier alpha value is -1.87. The van der Waals surface area contributed by atoms with Crippen molar-refractivity contribution in [3.05, 3.63) is 31.7 Å². The number of nitrogens with one attached hydrogen (secondary N) is 1. The molecule has 1 rings (SSSR count). The lowest BCUT2D eigenvalue weighted by Gasteiger charge is -2.19. The number of ether oxygens (including phenoxy) is 2. The zero-order chi connectivity index (χ0) is 17.1. The second-order valence-electron chi connectivity index (χ2n) is 4.98. The molecule has 22 heavy (non-hydrogen) atoms. The Bertz CT molecular complexity index is 629. The summed E-state index contributed by atoms with van der Waals surface area (Å²) in [5.41, 5.74) is -1.41. The number of hydrogen-bond acceptors (Lipinski definition) is 6. The molecule has 0 aliphatic carbocycles. The van der Waals surface area contributed by atoms with Gasteiger partial charge in [-0.05, 0) is 48.8 Å². The summed E-state index contributed by atoms with van der Waals surface area (Å²) in [4.78, 5) is 33.1. The second-order valence-corrected chi connectivity index (χ2v) is 6.21. The highest BCUT2D eigenvalue weighted by atomic mass is 79.9. The van der Waals surface area contributed by atoms with E-state index in [1.54, 1.807) is 26.1 Å².